The van der Waals surface area contributed by atoms with E-state index in [0.29, 0.717) is 28.9 Å². The minimum absolute atomic E-state index is 0.539. The van der Waals surface area contributed by atoms with Gasteiger partial charge < -0.3 is 13.6 Å². The topological polar surface area (TPSA) is 74.6 Å². The van der Waals surface area contributed by atoms with Crippen LogP contribution in [-0.4, -0.2) is 29.1 Å². The normalized spacial score (nSPS) is 11.7. The standard InChI is InChI=1S/C58H36N6O/c1-4-15-37(16-5-1)55-60-56(38-17-6-2-7-18-38)62-57(61-55)41-27-30-49-54(36-41)65-58(59-49)42-19-14-22-44(33-42)64-51-26-13-11-24-46(51)48-35-40(29-32-53(48)64)39-28-31-52-47(34-39)45-23-10-12-25-50(45)63(52)43-20-8-3-9-21-43/h1-36H. The van der Waals surface area contributed by atoms with Gasteiger partial charge in [-0.1, -0.05) is 133 Å². The van der Waals surface area contributed by atoms with Crippen LogP contribution in [0.3, 0.4) is 0 Å². The molecule has 0 bridgehead atoms. The Balaban J connectivity index is 0.878. The van der Waals surface area contributed by atoms with Gasteiger partial charge in [0.15, 0.2) is 23.1 Å². The second kappa shape index (κ2) is 14.9. The molecule has 0 amide bonds. The molecule has 304 valence electrons. The van der Waals surface area contributed by atoms with Crippen molar-refractivity contribution >= 4 is 54.7 Å². The van der Waals surface area contributed by atoms with E-state index in [4.69, 9.17) is 24.4 Å². The Morgan fingerprint density at radius 3 is 1.35 bits per heavy atom. The van der Waals surface area contributed by atoms with Gasteiger partial charge in [0.2, 0.25) is 5.89 Å². The van der Waals surface area contributed by atoms with Crippen molar-refractivity contribution in [2.45, 2.75) is 0 Å². The first-order valence-corrected chi connectivity index (χ1v) is 21.7. The lowest BCUT2D eigenvalue weighted by atomic mass is 10.0. The molecule has 0 aliphatic rings. The molecular weight excluding hydrogens is 797 g/mol. The number of hydrogen-bond acceptors (Lipinski definition) is 5. The molecule has 9 aromatic carbocycles. The summed E-state index contributed by atoms with van der Waals surface area (Å²) in [5.41, 5.74) is 14.1. The number of fused-ring (bicyclic) bond motifs is 7. The van der Waals surface area contributed by atoms with Crippen molar-refractivity contribution in [3.8, 4) is 68.1 Å². The van der Waals surface area contributed by atoms with Crippen molar-refractivity contribution in [3.63, 3.8) is 0 Å². The summed E-state index contributed by atoms with van der Waals surface area (Å²) in [6.45, 7) is 0. The van der Waals surface area contributed by atoms with E-state index < -0.39 is 0 Å². The van der Waals surface area contributed by atoms with Crippen LogP contribution in [0.5, 0.6) is 0 Å². The van der Waals surface area contributed by atoms with Crippen molar-refractivity contribution < 1.29 is 4.42 Å². The zero-order valence-corrected chi connectivity index (χ0v) is 34.9. The first-order valence-electron chi connectivity index (χ1n) is 21.7. The SMILES string of the molecule is c1ccc(-c2nc(-c3ccccc3)nc(-c3ccc4nc(-c5cccc(-n6c7ccccc7c7cc(-c8ccc9c(c8)c8ccccc8n9-c8ccccc8)ccc76)c5)oc4c3)n2)cc1. The molecule has 0 saturated heterocycles. The highest BCUT2D eigenvalue weighted by Gasteiger charge is 2.19. The number of para-hydroxylation sites is 3. The Bertz CT molecular complexity index is 3890. The van der Waals surface area contributed by atoms with Gasteiger partial charge in [-0.15, -0.1) is 0 Å². The molecule has 4 aromatic heterocycles. The van der Waals surface area contributed by atoms with Crippen LogP contribution in [0.15, 0.2) is 223 Å². The Hall–Kier alpha value is -8.94. The van der Waals surface area contributed by atoms with Crippen molar-refractivity contribution in [3.05, 3.63) is 218 Å². The van der Waals surface area contributed by atoms with Crippen LogP contribution < -0.4 is 0 Å². The lowest BCUT2D eigenvalue weighted by Gasteiger charge is -2.10. The van der Waals surface area contributed by atoms with E-state index in [-0.39, 0.29) is 0 Å². The van der Waals surface area contributed by atoms with Gasteiger partial charge in [0, 0.05) is 55.2 Å². The summed E-state index contributed by atoms with van der Waals surface area (Å²) >= 11 is 0. The van der Waals surface area contributed by atoms with Gasteiger partial charge in [-0.25, -0.2) is 19.9 Å². The smallest absolute Gasteiger partial charge is 0.227 e. The first kappa shape index (κ1) is 36.7. The van der Waals surface area contributed by atoms with Gasteiger partial charge in [0.1, 0.15) is 5.52 Å². The zero-order valence-electron chi connectivity index (χ0n) is 34.9. The Kier molecular flexibility index (Phi) is 8.39. The van der Waals surface area contributed by atoms with Crippen LogP contribution in [0.25, 0.3) is 123 Å². The highest BCUT2D eigenvalue weighted by molar-refractivity contribution is 6.12. The van der Waals surface area contributed by atoms with Crippen molar-refractivity contribution in [2.75, 3.05) is 0 Å². The van der Waals surface area contributed by atoms with E-state index in [1.54, 1.807) is 0 Å². The van der Waals surface area contributed by atoms with Crippen LogP contribution in [-0.2, 0) is 0 Å². The average Bonchev–Trinajstić information content (AvgIpc) is 4.07. The van der Waals surface area contributed by atoms with Gasteiger partial charge in [-0.05, 0) is 96.1 Å². The molecule has 7 heteroatoms. The molecule has 0 atom stereocenters. The van der Waals surface area contributed by atoms with E-state index in [0.717, 1.165) is 50.2 Å². The van der Waals surface area contributed by atoms with Crippen molar-refractivity contribution in [1.29, 1.82) is 0 Å². The quantitative estimate of drug-likeness (QED) is 0.160. The van der Waals surface area contributed by atoms with Crippen LogP contribution in [0.2, 0.25) is 0 Å². The fourth-order valence-corrected chi connectivity index (χ4v) is 9.34. The molecule has 0 unspecified atom stereocenters. The molecule has 0 radical (unpaired) electrons. The predicted octanol–water partition coefficient (Wildman–Crippen LogP) is 14.5. The van der Waals surface area contributed by atoms with Crippen LogP contribution >= 0.6 is 0 Å². The van der Waals surface area contributed by atoms with Crippen LogP contribution in [0.1, 0.15) is 0 Å². The highest BCUT2D eigenvalue weighted by atomic mass is 16.3. The summed E-state index contributed by atoms with van der Waals surface area (Å²) < 4.78 is 11.2. The lowest BCUT2D eigenvalue weighted by molar-refractivity contribution is 0.620. The molecule has 13 aromatic rings. The van der Waals surface area contributed by atoms with Crippen LogP contribution in [0, 0.1) is 0 Å². The molecular formula is C58H36N6O. The van der Waals surface area contributed by atoms with E-state index >= 15 is 0 Å². The van der Waals surface area contributed by atoms with E-state index in [9.17, 15) is 0 Å². The third kappa shape index (κ3) is 6.20. The number of rotatable bonds is 7. The highest BCUT2D eigenvalue weighted by Crippen LogP contribution is 2.39. The third-order valence-electron chi connectivity index (χ3n) is 12.4. The second-order valence-corrected chi connectivity index (χ2v) is 16.3. The van der Waals surface area contributed by atoms with Gasteiger partial charge in [-0.3, -0.25) is 0 Å². The molecule has 65 heavy (non-hydrogen) atoms. The predicted molar refractivity (Wildman–Crippen MR) is 263 cm³/mol. The monoisotopic (exact) mass is 832 g/mol. The van der Waals surface area contributed by atoms with Gasteiger partial charge in [-0.2, -0.15) is 0 Å². The molecule has 0 saturated carbocycles. The summed E-state index contributed by atoms with van der Waals surface area (Å²) in [5, 5.41) is 4.85. The largest absolute Gasteiger partial charge is 0.436 e. The number of nitrogens with zero attached hydrogens (tertiary/aromatic N) is 6. The third-order valence-corrected chi connectivity index (χ3v) is 12.4. The number of aromatic nitrogens is 6. The van der Waals surface area contributed by atoms with Crippen molar-refractivity contribution in [1.82, 2.24) is 29.1 Å². The molecule has 0 spiro atoms. The number of hydrogen-bond donors (Lipinski definition) is 0. The van der Waals surface area contributed by atoms with Gasteiger partial charge in [0.25, 0.3) is 0 Å². The molecule has 0 N–H and O–H groups in total. The maximum atomic E-state index is 6.55. The average molecular weight is 833 g/mol. The van der Waals surface area contributed by atoms with Gasteiger partial charge >= 0.3 is 0 Å². The van der Waals surface area contributed by atoms with E-state index in [1.165, 1.54) is 43.7 Å². The molecule has 4 heterocycles. The summed E-state index contributed by atoms with van der Waals surface area (Å²) in [7, 11) is 0. The maximum absolute atomic E-state index is 6.55. The Labute approximate surface area is 373 Å². The lowest BCUT2D eigenvalue weighted by Crippen LogP contribution is -2.00. The minimum Gasteiger partial charge on any atom is -0.436 e. The number of oxazole rings is 1. The minimum atomic E-state index is 0.539. The summed E-state index contributed by atoms with van der Waals surface area (Å²) in [4.78, 5) is 19.7. The second-order valence-electron chi connectivity index (χ2n) is 16.3. The Morgan fingerprint density at radius 1 is 0.292 bits per heavy atom. The summed E-state index contributed by atoms with van der Waals surface area (Å²) in [6, 6.07) is 76.0. The van der Waals surface area contributed by atoms with Crippen LogP contribution in [0.4, 0.5) is 0 Å². The first-order chi connectivity index (χ1) is 32.2. The fraction of sp³-hybridized carbons (Fsp3) is 0. The molecule has 0 aliphatic heterocycles. The zero-order chi connectivity index (χ0) is 42.8. The summed E-state index contributed by atoms with van der Waals surface area (Å²) in [6.07, 6.45) is 0. The molecule has 13 rings (SSSR count). The van der Waals surface area contributed by atoms with Crippen molar-refractivity contribution in [2.24, 2.45) is 0 Å². The molecule has 0 fully saturated rings. The fourth-order valence-electron chi connectivity index (χ4n) is 9.34. The molecule has 7 nitrogen and oxygen atoms in total. The number of benzene rings is 9. The maximum Gasteiger partial charge on any atom is 0.227 e. The van der Waals surface area contributed by atoms with E-state index in [1.807, 2.05) is 78.9 Å². The van der Waals surface area contributed by atoms with E-state index in [2.05, 4.69) is 149 Å². The van der Waals surface area contributed by atoms with Gasteiger partial charge in [0.05, 0.1) is 22.1 Å². The Morgan fingerprint density at radius 2 is 0.754 bits per heavy atom. The molecule has 0 aliphatic carbocycles. The summed E-state index contributed by atoms with van der Waals surface area (Å²) in [5.74, 6) is 2.31.